The van der Waals surface area contributed by atoms with E-state index in [9.17, 15) is 0 Å². The van der Waals surface area contributed by atoms with Gasteiger partial charge in [-0.3, -0.25) is 4.90 Å². The first-order valence-electron chi connectivity index (χ1n) is 6.23. The van der Waals surface area contributed by atoms with Crippen molar-refractivity contribution in [3.8, 4) is 0 Å². The summed E-state index contributed by atoms with van der Waals surface area (Å²) >= 11 is 0. The van der Waals surface area contributed by atoms with E-state index in [1.165, 1.54) is 19.5 Å². The normalized spacial score (nSPS) is 25.4. The largest absolute Gasteiger partial charge is 0.385 e. The molecule has 1 rings (SSSR count). The molecule has 0 aliphatic carbocycles. The molecule has 3 nitrogen and oxygen atoms in total. The number of hydrogen-bond donors (Lipinski definition) is 1. The lowest BCUT2D eigenvalue weighted by Crippen LogP contribution is -2.54. The van der Waals surface area contributed by atoms with Crippen LogP contribution in [-0.4, -0.2) is 50.8 Å². The van der Waals surface area contributed by atoms with Gasteiger partial charge in [-0.1, -0.05) is 20.3 Å². The quantitative estimate of drug-likeness (QED) is 0.675. The predicted molar refractivity (Wildman–Crippen MR) is 64.2 cm³/mol. The van der Waals surface area contributed by atoms with Crippen molar-refractivity contribution in [3.63, 3.8) is 0 Å². The summed E-state index contributed by atoms with van der Waals surface area (Å²) in [4.78, 5) is 2.63. The molecular weight excluding hydrogens is 188 g/mol. The van der Waals surface area contributed by atoms with Crippen LogP contribution in [0.15, 0.2) is 0 Å². The molecule has 2 atom stereocenters. The third-order valence-corrected chi connectivity index (χ3v) is 3.49. The highest BCUT2D eigenvalue weighted by Crippen LogP contribution is 2.16. The Morgan fingerprint density at radius 1 is 1.53 bits per heavy atom. The van der Waals surface area contributed by atoms with Crippen LogP contribution in [0.5, 0.6) is 0 Å². The van der Waals surface area contributed by atoms with Crippen molar-refractivity contribution in [3.05, 3.63) is 0 Å². The van der Waals surface area contributed by atoms with Crippen molar-refractivity contribution in [1.82, 2.24) is 10.2 Å². The number of methoxy groups -OCH3 is 1. The minimum absolute atomic E-state index is 0.723. The standard InChI is InChI=1S/C12H26N2O/c1-4-11(2)12-10-13-6-8-14(12)7-5-9-15-3/h11-13H,4-10H2,1-3H3. The SMILES string of the molecule is CCC(C)C1CNCCN1CCCOC. The monoisotopic (exact) mass is 214 g/mol. The van der Waals surface area contributed by atoms with Gasteiger partial charge in [-0.15, -0.1) is 0 Å². The van der Waals surface area contributed by atoms with Gasteiger partial charge in [-0.25, -0.2) is 0 Å². The Bertz CT molecular complexity index is 164. The van der Waals surface area contributed by atoms with Gasteiger partial charge in [0.2, 0.25) is 0 Å². The minimum Gasteiger partial charge on any atom is -0.385 e. The fourth-order valence-electron chi connectivity index (χ4n) is 2.29. The van der Waals surface area contributed by atoms with Crippen molar-refractivity contribution in [2.75, 3.05) is 39.9 Å². The number of hydrogen-bond acceptors (Lipinski definition) is 3. The van der Waals surface area contributed by atoms with E-state index in [4.69, 9.17) is 4.74 Å². The zero-order valence-electron chi connectivity index (χ0n) is 10.5. The summed E-state index contributed by atoms with van der Waals surface area (Å²) in [5.41, 5.74) is 0. The van der Waals surface area contributed by atoms with Crippen molar-refractivity contribution in [2.24, 2.45) is 5.92 Å². The zero-order chi connectivity index (χ0) is 11.1. The summed E-state index contributed by atoms with van der Waals surface area (Å²) in [5.74, 6) is 0.792. The lowest BCUT2D eigenvalue weighted by atomic mass is 9.96. The maximum Gasteiger partial charge on any atom is 0.0474 e. The van der Waals surface area contributed by atoms with Crippen molar-refractivity contribution in [2.45, 2.75) is 32.7 Å². The van der Waals surface area contributed by atoms with Gasteiger partial charge >= 0.3 is 0 Å². The average Bonchev–Trinajstić information content (AvgIpc) is 2.29. The lowest BCUT2D eigenvalue weighted by molar-refractivity contribution is 0.0997. The smallest absolute Gasteiger partial charge is 0.0474 e. The van der Waals surface area contributed by atoms with E-state index in [0.29, 0.717) is 0 Å². The van der Waals surface area contributed by atoms with Crippen molar-refractivity contribution >= 4 is 0 Å². The molecule has 0 saturated carbocycles. The second kappa shape index (κ2) is 7.20. The maximum atomic E-state index is 5.11. The van der Waals surface area contributed by atoms with Gasteiger partial charge in [0, 0.05) is 45.9 Å². The Hall–Kier alpha value is -0.120. The van der Waals surface area contributed by atoms with Crippen LogP contribution in [0, 0.1) is 5.92 Å². The van der Waals surface area contributed by atoms with E-state index in [0.717, 1.165) is 38.1 Å². The maximum absolute atomic E-state index is 5.11. The summed E-state index contributed by atoms with van der Waals surface area (Å²) in [6.45, 7) is 10.2. The number of nitrogens with zero attached hydrogens (tertiary/aromatic N) is 1. The van der Waals surface area contributed by atoms with Gasteiger partial charge in [0.15, 0.2) is 0 Å². The highest BCUT2D eigenvalue weighted by molar-refractivity contribution is 4.83. The molecule has 15 heavy (non-hydrogen) atoms. The topological polar surface area (TPSA) is 24.5 Å². The van der Waals surface area contributed by atoms with Crippen LogP contribution >= 0.6 is 0 Å². The van der Waals surface area contributed by atoms with Crippen LogP contribution in [0.1, 0.15) is 26.7 Å². The fraction of sp³-hybridized carbons (Fsp3) is 1.00. The molecule has 1 N–H and O–H groups in total. The van der Waals surface area contributed by atoms with E-state index in [1.54, 1.807) is 7.11 Å². The Kier molecular flexibility index (Phi) is 6.22. The van der Waals surface area contributed by atoms with E-state index < -0.39 is 0 Å². The number of ether oxygens (including phenoxy) is 1. The lowest BCUT2D eigenvalue weighted by Gasteiger charge is -2.39. The summed E-state index contributed by atoms with van der Waals surface area (Å²) in [5, 5.41) is 3.50. The Morgan fingerprint density at radius 2 is 2.33 bits per heavy atom. The molecule has 1 aliphatic heterocycles. The second-order valence-electron chi connectivity index (χ2n) is 4.54. The van der Waals surface area contributed by atoms with E-state index in [1.807, 2.05) is 0 Å². The number of nitrogens with one attached hydrogen (secondary N) is 1. The molecule has 0 aromatic carbocycles. The summed E-state index contributed by atoms with van der Waals surface area (Å²) in [6, 6.07) is 0.723. The van der Waals surface area contributed by atoms with Gasteiger partial charge in [0.05, 0.1) is 0 Å². The summed E-state index contributed by atoms with van der Waals surface area (Å²) in [6.07, 6.45) is 2.43. The molecule has 1 saturated heterocycles. The molecule has 2 unspecified atom stereocenters. The molecule has 0 spiro atoms. The van der Waals surface area contributed by atoms with E-state index in [-0.39, 0.29) is 0 Å². The summed E-state index contributed by atoms with van der Waals surface area (Å²) in [7, 11) is 1.78. The van der Waals surface area contributed by atoms with Crippen LogP contribution in [-0.2, 0) is 4.74 Å². The van der Waals surface area contributed by atoms with Crippen LogP contribution in [0.2, 0.25) is 0 Å². The van der Waals surface area contributed by atoms with E-state index in [2.05, 4.69) is 24.1 Å². The molecule has 0 bridgehead atoms. The predicted octanol–water partition coefficient (Wildman–Crippen LogP) is 1.34. The van der Waals surface area contributed by atoms with E-state index >= 15 is 0 Å². The van der Waals surface area contributed by atoms with Crippen LogP contribution < -0.4 is 5.32 Å². The molecule has 0 amide bonds. The number of piperazine rings is 1. The molecular formula is C12H26N2O. The molecule has 1 heterocycles. The first-order valence-corrected chi connectivity index (χ1v) is 6.23. The summed E-state index contributed by atoms with van der Waals surface area (Å²) < 4.78 is 5.11. The second-order valence-corrected chi connectivity index (χ2v) is 4.54. The molecule has 1 fully saturated rings. The first kappa shape index (κ1) is 12.9. The van der Waals surface area contributed by atoms with Gasteiger partial charge in [0.1, 0.15) is 0 Å². The highest BCUT2D eigenvalue weighted by atomic mass is 16.5. The Morgan fingerprint density at radius 3 is 3.00 bits per heavy atom. The first-order chi connectivity index (χ1) is 7.29. The fourth-order valence-corrected chi connectivity index (χ4v) is 2.29. The average molecular weight is 214 g/mol. The van der Waals surface area contributed by atoms with Crippen LogP contribution in [0.25, 0.3) is 0 Å². The Labute approximate surface area is 94.2 Å². The van der Waals surface area contributed by atoms with Crippen molar-refractivity contribution in [1.29, 1.82) is 0 Å². The third-order valence-electron chi connectivity index (χ3n) is 3.49. The molecule has 1 aliphatic rings. The minimum atomic E-state index is 0.723. The van der Waals surface area contributed by atoms with Crippen molar-refractivity contribution < 1.29 is 4.74 Å². The van der Waals surface area contributed by atoms with Gasteiger partial charge in [-0.05, 0) is 12.3 Å². The van der Waals surface area contributed by atoms with Gasteiger partial charge < -0.3 is 10.1 Å². The molecule has 90 valence electrons. The van der Waals surface area contributed by atoms with Crippen LogP contribution in [0.3, 0.4) is 0 Å². The van der Waals surface area contributed by atoms with Gasteiger partial charge in [0.25, 0.3) is 0 Å². The molecule has 0 aromatic heterocycles. The van der Waals surface area contributed by atoms with Gasteiger partial charge in [-0.2, -0.15) is 0 Å². The van der Waals surface area contributed by atoms with Crippen LogP contribution in [0.4, 0.5) is 0 Å². The number of rotatable bonds is 6. The molecule has 0 radical (unpaired) electrons. The zero-order valence-corrected chi connectivity index (χ0v) is 10.5. The highest BCUT2D eigenvalue weighted by Gasteiger charge is 2.25. The third kappa shape index (κ3) is 4.09. The molecule has 0 aromatic rings. The Balaban J connectivity index is 2.35. The molecule has 3 heteroatoms.